The summed E-state index contributed by atoms with van der Waals surface area (Å²) < 4.78 is 5.13. The van der Waals surface area contributed by atoms with E-state index in [1.54, 1.807) is 12.1 Å². The molecule has 0 fully saturated rings. The Balaban J connectivity index is 1.99. The molecule has 26 heavy (non-hydrogen) atoms. The van der Waals surface area contributed by atoms with Crippen LogP contribution in [0.5, 0.6) is 5.75 Å². The lowest BCUT2D eigenvalue weighted by Crippen LogP contribution is -2.24. The Labute approximate surface area is 167 Å². The summed E-state index contributed by atoms with van der Waals surface area (Å²) in [6, 6.07) is 7.09. The maximum absolute atomic E-state index is 11.8. The first-order valence-electron chi connectivity index (χ1n) is 6.81. The maximum Gasteiger partial charge on any atom is 0.314 e. The van der Waals surface area contributed by atoms with Crippen LogP contribution in [0.15, 0.2) is 35.4 Å². The van der Waals surface area contributed by atoms with Crippen molar-refractivity contribution in [2.75, 3.05) is 6.61 Å². The van der Waals surface area contributed by atoms with Gasteiger partial charge in [0.1, 0.15) is 0 Å². The highest BCUT2D eigenvalue weighted by atomic mass is 35.5. The largest absolute Gasteiger partial charge is 0.476 e. The van der Waals surface area contributed by atoms with Gasteiger partial charge in [0.2, 0.25) is 5.75 Å². The van der Waals surface area contributed by atoms with E-state index in [0.29, 0.717) is 15.6 Å². The number of nitrogens with zero attached hydrogens (tertiary/aromatic N) is 2. The fourth-order valence-electron chi connectivity index (χ4n) is 1.78. The predicted octanol–water partition coefficient (Wildman–Crippen LogP) is 4.74. The number of carbonyl (C=O) groups excluding carboxylic acids is 1. The molecule has 0 radical (unpaired) electrons. The Bertz CT molecular complexity index is 889. The quantitative estimate of drug-likeness (QED) is 0.402. The van der Waals surface area contributed by atoms with E-state index < -0.39 is 23.1 Å². The average molecular weight is 437 g/mol. The number of ether oxygens (including phenoxy) is 1. The molecule has 2 aromatic carbocycles. The molecule has 0 unspecified atom stereocenters. The highest BCUT2D eigenvalue weighted by Crippen LogP contribution is 2.37. The van der Waals surface area contributed by atoms with Crippen molar-refractivity contribution in [3.05, 3.63) is 66.1 Å². The second-order valence-electron chi connectivity index (χ2n) is 4.74. The first-order chi connectivity index (χ1) is 12.3. The standard InChI is InChI=1S/C15H9Cl4N3O4/c16-9-2-1-8(11(18)3-9)6-20-21-14(23)7-26-15-12(19)4-10(17)5-13(15)22(24)25/h1-6H,7H2,(H,21,23). The molecule has 0 heterocycles. The van der Waals surface area contributed by atoms with Gasteiger partial charge in [-0.25, -0.2) is 5.43 Å². The molecule has 11 heteroatoms. The van der Waals surface area contributed by atoms with E-state index in [4.69, 9.17) is 51.1 Å². The van der Waals surface area contributed by atoms with Gasteiger partial charge in [-0.3, -0.25) is 14.9 Å². The number of carbonyl (C=O) groups is 1. The van der Waals surface area contributed by atoms with Crippen LogP contribution in [0.25, 0.3) is 0 Å². The van der Waals surface area contributed by atoms with E-state index in [2.05, 4.69) is 10.5 Å². The van der Waals surface area contributed by atoms with Crippen molar-refractivity contribution in [2.45, 2.75) is 0 Å². The SMILES string of the molecule is O=C(COc1c(Cl)cc(Cl)cc1[N+](=O)[O-])NN=Cc1ccc(Cl)cc1Cl. The third-order valence-electron chi connectivity index (χ3n) is 2.89. The summed E-state index contributed by atoms with van der Waals surface area (Å²) in [6.45, 7) is -0.548. The van der Waals surface area contributed by atoms with E-state index in [1.165, 1.54) is 18.3 Å². The fraction of sp³-hybridized carbons (Fsp3) is 0.0667. The van der Waals surface area contributed by atoms with E-state index in [-0.39, 0.29) is 15.8 Å². The Morgan fingerprint density at radius 3 is 2.50 bits per heavy atom. The molecule has 0 aliphatic rings. The molecular weight excluding hydrogens is 428 g/mol. The molecule has 0 saturated heterocycles. The van der Waals surface area contributed by atoms with Gasteiger partial charge in [-0.1, -0.05) is 52.5 Å². The van der Waals surface area contributed by atoms with Gasteiger partial charge < -0.3 is 4.74 Å². The van der Waals surface area contributed by atoms with Gasteiger partial charge >= 0.3 is 5.69 Å². The summed E-state index contributed by atoms with van der Waals surface area (Å²) >= 11 is 23.3. The summed E-state index contributed by atoms with van der Waals surface area (Å²) in [5.41, 5.74) is 2.28. The maximum atomic E-state index is 11.8. The highest BCUT2D eigenvalue weighted by Gasteiger charge is 2.21. The number of nitro benzene ring substituents is 1. The monoisotopic (exact) mass is 435 g/mol. The van der Waals surface area contributed by atoms with Gasteiger partial charge in [-0.15, -0.1) is 0 Å². The van der Waals surface area contributed by atoms with Crippen molar-refractivity contribution in [3.63, 3.8) is 0 Å². The van der Waals surface area contributed by atoms with Crippen LogP contribution in [-0.4, -0.2) is 23.7 Å². The Hall–Kier alpha value is -2.06. The van der Waals surface area contributed by atoms with Crippen LogP contribution in [0.2, 0.25) is 20.1 Å². The fourth-order valence-corrected chi connectivity index (χ4v) is 2.77. The number of nitro groups is 1. The van der Waals surface area contributed by atoms with E-state index in [0.717, 1.165) is 6.07 Å². The molecule has 2 rings (SSSR count). The molecule has 1 N–H and O–H groups in total. The zero-order chi connectivity index (χ0) is 19.3. The minimum Gasteiger partial charge on any atom is -0.476 e. The number of amides is 1. The summed E-state index contributed by atoms with van der Waals surface area (Å²) in [6.07, 6.45) is 1.31. The van der Waals surface area contributed by atoms with Gasteiger partial charge in [0.05, 0.1) is 21.2 Å². The predicted molar refractivity (Wildman–Crippen MR) is 101 cm³/mol. The van der Waals surface area contributed by atoms with Crippen LogP contribution < -0.4 is 10.2 Å². The smallest absolute Gasteiger partial charge is 0.314 e. The normalized spacial score (nSPS) is 10.8. The third-order valence-corrected chi connectivity index (χ3v) is 3.95. The Kier molecular flexibility index (Phi) is 7.05. The minimum atomic E-state index is -0.717. The molecule has 0 aromatic heterocycles. The number of benzene rings is 2. The molecule has 0 aliphatic carbocycles. The third kappa shape index (κ3) is 5.47. The van der Waals surface area contributed by atoms with Crippen LogP contribution in [-0.2, 0) is 4.79 Å². The minimum absolute atomic E-state index is 0.0722. The van der Waals surface area contributed by atoms with E-state index >= 15 is 0 Å². The van der Waals surface area contributed by atoms with Crippen LogP contribution in [0, 0.1) is 10.1 Å². The zero-order valence-electron chi connectivity index (χ0n) is 12.7. The van der Waals surface area contributed by atoms with Gasteiger partial charge in [0.25, 0.3) is 5.91 Å². The summed E-state index contributed by atoms with van der Waals surface area (Å²) in [4.78, 5) is 22.1. The summed E-state index contributed by atoms with van der Waals surface area (Å²) in [5.74, 6) is -0.924. The van der Waals surface area contributed by atoms with Crippen LogP contribution >= 0.6 is 46.4 Å². The second kappa shape index (κ2) is 9.05. The molecule has 7 nitrogen and oxygen atoms in total. The van der Waals surface area contributed by atoms with Crippen molar-refractivity contribution in [1.29, 1.82) is 0 Å². The van der Waals surface area contributed by atoms with Crippen molar-refractivity contribution in [2.24, 2.45) is 5.10 Å². The van der Waals surface area contributed by atoms with Crippen molar-refractivity contribution < 1.29 is 14.5 Å². The first kappa shape index (κ1) is 20.3. The van der Waals surface area contributed by atoms with Gasteiger partial charge in [0, 0.05) is 21.7 Å². The molecule has 0 bridgehead atoms. The molecule has 0 saturated carbocycles. The first-order valence-corrected chi connectivity index (χ1v) is 8.32. The number of hydrogen-bond acceptors (Lipinski definition) is 5. The molecule has 0 spiro atoms. The van der Waals surface area contributed by atoms with Crippen LogP contribution in [0.1, 0.15) is 5.56 Å². The lowest BCUT2D eigenvalue weighted by molar-refractivity contribution is -0.385. The number of halogens is 4. The zero-order valence-corrected chi connectivity index (χ0v) is 15.7. The van der Waals surface area contributed by atoms with E-state index in [1.807, 2.05) is 0 Å². The number of nitrogens with one attached hydrogen (secondary N) is 1. The van der Waals surface area contributed by atoms with Crippen molar-refractivity contribution in [1.82, 2.24) is 5.43 Å². The van der Waals surface area contributed by atoms with E-state index in [9.17, 15) is 14.9 Å². The molecule has 2 aromatic rings. The molecule has 136 valence electrons. The summed E-state index contributed by atoms with van der Waals surface area (Å²) in [5, 5.41) is 15.5. The van der Waals surface area contributed by atoms with Gasteiger partial charge in [-0.05, 0) is 18.2 Å². The molecular formula is C15H9Cl4N3O4. The van der Waals surface area contributed by atoms with Crippen molar-refractivity contribution in [3.8, 4) is 5.75 Å². The average Bonchev–Trinajstić information content (AvgIpc) is 2.55. The van der Waals surface area contributed by atoms with Gasteiger partial charge in [0.15, 0.2) is 6.61 Å². The number of rotatable bonds is 6. The Morgan fingerprint density at radius 2 is 1.85 bits per heavy atom. The number of hydrazone groups is 1. The molecule has 1 amide bonds. The lowest BCUT2D eigenvalue weighted by atomic mass is 10.2. The topological polar surface area (TPSA) is 93.8 Å². The molecule has 0 aliphatic heterocycles. The molecule has 0 atom stereocenters. The van der Waals surface area contributed by atoms with Crippen molar-refractivity contribution >= 4 is 64.2 Å². The van der Waals surface area contributed by atoms with Gasteiger partial charge in [-0.2, -0.15) is 5.10 Å². The Morgan fingerprint density at radius 1 is 1.15 bits per heavy atom. The summed E-state index contributed by atoms with van der Waals surface area (Å²) in [7, 11) is 0. The second-order valence-corrected chi connectivity index (χ2v) is 6.43. The number of hydrogen-bond donors (Lipinski definition) is 1. The van der Waals surface area contributed by atoms with Crippen LogP contribution in [0.3, 0.4) is 0 Å². The lowest BCUT2D eigenvalue weighted by Gasteiger charge is -2.08. The highest BCUT2D eigenvalue weighted by molar-refractivity contribution is 6.36. The van der Waals surface area contributed by atoms with Crippen LogP contribution in [0.4, 0.5) is 5.69 Å².